The fourth-order valence-corrected chi connectivity index (χ4v) is 10.2. The molecule has 444 valence electrons. The number of ether oxygens (including phenoxy) is 4. The molecule has 2 aliphatic rings. The van der Waals surface area contributed by atoms with E-state index in [1.54, 1.807) is 79.5 Å². The number of carbonyl (C=O) groups excluding carboxylic acids is 2. The quantitative estimate of drug-likeness (QED) is 0.0520. The Balaban J connectivity index is 0.000000131. The molecule has 23 heteroatoms. The predicted octanol–water partition coefficient (Wildman–Crippen LogP) is 12.7. The molecule has 9 heterocycles. The van der Waals surface area contributed by atoms with Crippen LogP contribution in [0.15, 0.2) is 183 Å². The van der Waals surface area contributed by atoms with Crippen molar-refractivity contribution in [1.29, 1.82) is 5.26 Å². The maximum absolute atomic E-state index is 11.3. The van der Waals surface area contributed by atoms with Gasteiger partial charge in [-0.05, 0) is 129 Å². The number of carbonyl (C=O) groups is 2. The Hall–Kier alpha value is -11.7. The Kier molecular flexibility index (Phi) is 17.3. The van der Waals surface area contributed by atoms with Gasteiger partial charge in [0.1, 0.15) is 35.2 Å². The van der Waals surface area contributed by atoms with Gasteiger partial charge in [-0.3, -0.25) is 19.6 Å². The average molecular weight is 1230 g/mol. The van der Waals surface area contributed by atoms with Gasteiger partial charge in [-0.15, -0.1) is 0 Å². The van der Waals surface area contributed by atoms with Crippen molar-refractivity contribution in [2.75, 3.05) is 25.4 Å². The molecule has 5 aromatic carbocycles. The van der Waals surface area contributed by atoms with Crippen LogP contribution < -0.4 is 35.7 Å². The Morgan fingerprint density at radius 1 is 0.556 bits per heavy atom. The Labute approximate surface area is 524 Å². The molecule has 0 radical (unpaired) electrons. The second-order valence-corrected chi connectivity index (χ2v) is 21.1. The summed E-state index contributed by atoms with van der Waals surface area (Å²) in [7, 11) is 0. The van der Waals surface area contributed by atoms with Gasteiger partial charge in [0.2, 0.25) is 25.4 Å². The van der Waals surface area contributed by atoms with Crippen LogP contribution >= 0.6 is 23.2 Å². The van der Waals surface area contributed by atoms with Crippen LogP contribution in [-0.4, -0.2) is 86.8 Å². The summed E-state index contributed by atoms with van der Waals surface area (Å²) >= 11 is 12.6. The van der Waals surface area contributed by atoms with Crippen molar-refractivity contribution in [2.24, 2.45) is 11.5 Å². The highest BCUT2D eigenvalue weighted by Crippen LogP contribution is 2.41. The normalized spacial score (nSPS) is 11.6. The van der Waals surface area contributed by atoms with Crippen molar-refractivity contribution in [2.45, 2.75) is 19.8 Å². The van der Waals surface area contributed by atoms with E-state index in [9.17, 15) is 9.59 Å². The van der Waals surface area contributed by atoms with Crippen LogP contribution in [0.1, 0.15) is 44.2 Å². The second kappa shape index (κ2) is 26.5. The lowest BCUT2D eigenvalue weighted by Crippen LogP contribution is -2.10. The maximum atomic E-state index is 11.3. The van der Waals surface area contributed by atoms with Crippen molar-refractivity contribution in [3.05, 3.63) is 221 Å². The topological polar surface area (TPSA) is 309 Å². The smallest absolute Gasteiger partial charge is 0.248 e. The number of nitrogens with one attached hydrogen (secondary N) is 4. The third-order valence-electron chi connectivity index (χ3n) is 14.2. The van der Waals surface area contributed by atoms with E-state index in [0.717, 1.165) is 85.5 Å². The van der Waals surface area contributed by atoms with Crippen LogP contribution in [0, 0.1) is 18.3 Å². The van der Waals surface area contributed by atoms with Gasteiger partial charge in [0.25, 0.3) is 0 Å². The number of hydrogen-bond donors (Lipinski definition) is 6. The lowest BCUT2D eigenvalue weighted by Gasteiger charge is -2.11. The molecule has 0 fully saturated rings. The van der Waals surface area contributed by atoms with E-state index >= 15 is 0 Å². The number of aromatic nitrogens is 11. The molecule has 2 amide bonds. The first-order chi connectivity index (χ1) is 43.9. The van der Waals surface area contributed by atoms with E-state index in [1.165, 1.54) is 0 Å². The summed E-state index contributed by atoms with van der Waals surface area (Å²) in [6.45, 7) is 3.06. The van der Waals surface area contributed by atoms with Gasteiger partial charge in [-0.2, -0.15) is 5.26 Å². The van der Waals surface area contributed by atoms with Crippen LogP contribution in [0.4, 0.5) is 5.82 Å². The number of halogens is 2. The molecule has 0 saturated heterocycles. The van der Waals surface area contributed by atoms with Gasteiger partial charge in [0, 0.05) is 93.6 Å². The molecular weight excluding hydrogens is 1180 g/mol. The van der Waals surface area contributed by atoms with Crippen LogP contribution in [0.5, 0.6) is 23.0 Å². The summed E-state index contributed by atoms with van der Waals surface area (Å²) < 4.78 is 21.8. The van der Waals surface area contributed by atoms with Gasteiger partial charge in [0.05, 0.1) is 56.0 Å². The summed E-state index contributed by atoms with van der Waals surface area (Å²) in [4.78, 5) is 69.2. The first-order valence-electron chi connectivity index (χ1n) is 28.0. The third kappa shape index (κ3) is 13.3. The Morgan fingerprint density at radius 3 is 1.61 bits per heavy atom. The zero-order chi connectivity index (χ0) is 62.1. The number of nitrogens with zero attached hydrogens (tertiary/aromatic N) is 9. The number of nitrogens with two attached hydrogens (primary N) is 2. The molecule has 2 aliphatic heterocycles. The van der Waals surface area contributed by atoms with Crippen LogP contribution in [0.2, 0.25) is 10.0 Å². The molecule has 14 rings (SSSR count). The van der Waals surface area contributed by atoms with Gasteiger partial charge >= 0.3 is 0 Å². The lowest BCUT2D eigenvalue weighted by molar-refractivity contribution is 0.0992. The van der Waals surface area contributed by atoms with E-state index in [1.807, 2.05) is 110 Å². The molecule has 0 aliphatic carbocycles. The van der Waals surface area contributed by atoms with Crippen LogP contribution in [0.3, 0.4) is 0 Å². The number of aryl methyl sites for hydroxylation is 2. The van der Waals surface area contributed by atoms with Crippen molar-refractivity contribution in [3.63, 3.8) is 0 Å². The number of benzene rings is 5. The number of amides is 2. The number of rotatable bonds is 15. The largest absolute Gasteiger partial charge is 0.454 e. The number of aromatic amines is 3. The van der Waals surface area contributed by atoms with Crippen molar-refractivity contribution in [1.82, 2.24) is 54.8 Å². The molecule has 12 aromatic rings. The molecule has 0 bridgehead atoms. The molecule has 90 heavy (non-hydrogen) atoms. The minimum atomic E-state index is -0.466. The monoisotopic (exact) mass is 1230 g/mol. The summed E-state index contributed by atoms with van der Waals surface area (Å²) in [5, 5.41) is 13.2. The number of pyridine rings is 3. The van der Waals surface area contributed by atoms with Gasteiger partial charge in [-0.25, -0.2) is 29.9 Å². The second-order valence-electron chi connectivity index (χ2n) is 20.2. The zero-order valence-corrected chi connectivity index (χ0v) is 49.3. The highest BCUT2D eigenvalue weighted by atomic mass is 35.5. The Bertz CT molecular complexity index is 4420. The summed E-state index contributed by atoms with van der Waals surface area (Å²) in [6, 6.07) is 47.7. The maximum Gasteiger partial charge on any atom is 0.248 e. The minimum Gasteiger partial charge on any atom is -0.454 e. The number of fused-ring (bicyclic) bond motifs is 2. The molecule has 0 saturated carbocycles. The molecule has 7 aromatic heterocycles. The first kappa shape index (κ1) is 58.6. The number of imidazole rings is 3. The fraction of sp³-hybridized carbons (Fsp3) is 0.0896. The summed E-state index contributed by atoms with van der Waals surface area (Å²) in [5.41, 5.74) is 23.3. The number of anilines is 1. The first-order valence-corrected chi connectivity index (χ1v) is 28.7. The zero-order valence-electron chi connectivity index (χ0n) is 47.7. The van der Waals surface area contributed by atoms with E-state index in [-0.39, 0.29) is 13.6 Å². The van der Waals surface area contributed by atoms with E-state index in [2.05, 4.69) is 51.3 Å². The number of hydrogen-bond acceptors (Lipinski definition) is 16. The van der Waals surface area contributed by atoms with Gasteiger partial charge < -0.3 is 50.7 Å². The summed E-state index contributed by atoms with van der Waals surface area (Å²) in [5.74, 6) is 5.30. The summed E-state index contributed by atoms with van der Waals surface area (Å²) in [6.07, 6.45) is 10.0. The predicted molar refractivity (Wildman–Crippen MR) is 340 cm³/mol. The third-order valence-corrected chi connectivity index (χ3v) is 14.7. The van der Waals surface area contributed by atoms with Gasteiger partial charge in [-0.1, -0.05) is 59.6 Å². The van der Waals surface area contributed by atoms with Crippen molar-refractivity contribution < 1.29 is 28.5 Å². The molecule has 0 unspecified atom stereocenters. The van der Waals surface area contributed by atoms with Crippen molar-refractivity contribution in [3.8, 4) is 120 Å². The number of H-pyrrole nitrogens is 3. The highest BCUT2D eigenvalue weighted by molar-refractivity contribution is 6.36. The minimum absolute atomic E-state index is 0.212. The molecule has 8 N–H and O–H groups in total. The SMILES string of the molecule is Cc1cnc(-c2cnc(CCCNc3ccc(C#N)cn3)nc2-c2ccc(Cl)cc2Cl)[nH]1.NC(=O)c1ccc(-c2nc(-c3ccc4c(c3)OCO4)c(-c3ccccn3)[nH]2)cc1.NC(=O)c1ccc(-c2nc(-c3ccc4c(c3)OCO4)c(-c3ccccn3)[nH]2)cc1. The standard InChI is InChI=1S/C23H19Cl2N7.2C22H16N4O3/c1-14-11-30-23(31-14)18-13-29-21(32-22(18)17-6-5-16(24)9-19(17)25)3-2-8-27-20-7-4-15(10-26)12-28-20;2*23-21(27)13-4-6-14(7-5-13)22-25-19(20(26-22)16-3-1-2-10-24-16)15-8-9-17-18(11-15)29-12-28-17/h4-7,9,11-13H,2-3,8H2,1H3,(H,27,28)(H,30,31);2*1-11H,12H2,(H2,23,27)(H,25,26). The molecular formula is C67H51Cl2N15O6. The van der Waals surface area contributed by atoms with E-state index in [4.69, 9.17) is 73.8 Å². The van der Waals surface area contributed by atoms with Gasteiger partial charge in [0.15, 0.2) is 23.0 Å². The van der Waals surface area contributed by atoms with Crippen LogP contribution in [-0.2, 0) is 6.42 Å². The van der Waals surface area contributed by atoms with E-state index in [0.29, 0.717) is 91.7 Å². The Morgan fingerprint density at radius 2 is 1.12 bits per heavy atom. The van der Waals surface area contributed by atoms with Crippen LogP contribution in [0.25, 0.3) is 90.7 Å². The lowest BCUT2D eigenvalue weighted by atomic mass is 10.1. The van der Waals surface area contributed by atoms with E-state index < -0.39 is 11.8 Å². The average Bonchev–Trinajstić information content (AvgIpc) is 1.94. The molecule has 0 atom stereocenters. The highest BCUT2D eigenvalue weighted by Gasteiger charge is 2.23. The fourth-order valence-electron chi connectivity index (χ4n) is 9.68. The van der Waals surface area contributed by atoms with Crippen molar-refractivity contribution >= 4 is 40.8 Å². The molecule has 0 spiro atoms. The number of primary amides is 2. The molecule has 21 nitrogen and oxygen atoms in total. The number of nitriles is 1.